The Morgan fingerprint density at radius 2 is 1.61 bits per heavy atom. The summed E-state index contributed by atoms with van der Waals surface area (Å²) in [4.78, 5) is 17.7. The Labute approximate surface area is 101 Å². The number of allylic oxidation sites excluding steroid dienone is 2. The van der Waals surface area contributed by atoms with Gasteiger partial charge >= 0.3 is 5.82 Å². The molecular weight excluding hydrogens is 238 g/mol. The smallest absolute Gasteiger partial charge is 0.289 e. The van der Waals surface area contributed by atoms with Gasteiger partial charge in [0.15, 0.2) is 17.4 Å². The number of halogens is 2. The molecule has 3 nitrogen and oxygen atoms in total. The van der Waals surface area contributed by atoms with Crippen LogP contribution in [0, 0.1) is 24.8 Å². The van der Waals surface area contributed by atoms with Crippen molar-refractivity contribution in [1.29, 1.82) is 0 Å². The summed E-state index contributed by atoms with van der Waals surface area (Å²) in [5.74, 6) is -3.26. The van der Waals surface area contributed by atoms with Crippen molar-refractivity contribution in [3.63, 3.8) is 0 Å². The van der Waals surface area contributed by atoms with Gasteiger partial charge in [-0.2, -0.15) is 9.69 Å². The Morgan fingerprint density at radius 1 is 1.11 bits per heavy atom. The lowest BCUT2D eigenvalue weighted by atomic mass is 10.1. The fraction of sp³-hybridized carbons (Fsp3) is 0. The number of rotatable bonds is 0. The molecule has 0 N–H and O–H groups in total. The number of hydrogen-bond acceptors (Lipinski definition) is 1. The Hall–Kier alpha value is -2.79. The Balaban J connectivity index is 2.88. The maximum atomic E-state index is 13.2. The van der Waals surface area contributed by atoms with Crippen LogP contribution in [0.25, 0.3) is 15.3 Å². The molecule has 2 rings (SSSR count). The van der Waals surface area contributed by atoms with Gasteiger partial charge in [-0.15, -0.1) is 0 Å². The lowest BCUT2D eigenvalue weighted by Crippen LogP contribution is -1.95. The number of carbonyl (C=O) groups excluding carboxylic acids is 1. The molecule has 18 heavy (non-hydrogen) atoms. The zero-order valence-electron chi connectivity index (χ0n) is 8.92. The molecular formula is C13H4F2N2O. The zero-order valence-corrected chi connectivity index (χ0v) is 8.92. The van der Waals surface area contributed by atoms with Crippen LogP contribution in [0.5, 0.6) is 0 Å². The van der Waals surface area contributed by atoms with Crippen LogP contribution >= 0.6 is 0 Å². The monoisotopic (exact) mass is 242 g/mol. The molecule has 0 amide bonds. The number of fused-ring (bicyclic) bond motifs is 1. The van der Waals surface area contributed by atoms with Crippen molar-refractivity contribution < 1.29 is 13.6 Å². The highest BCUT2D eigenvalue weighted by Gasteiger charge is 2.35. The normalized spacial score (nSPS) is 13.0. The molecule has 86 valence electrons. The molecule has 0 aromatic heterocycles. The van der Waals surface area contributed by atoms with E-state index < -0.39 is 17.4 Å². The summed E-state index contributed by atoms with van der Waals surface area (Å²) in [6, 6.07) is 1.57. The minimum absolute atomic E-state index is 0.0149. The molecule has 0 radical (unpaired) electrons. The van der Waals surface area contributed by atoms with Crippen molar-refractivity contribution in [2.24, 2.45) is 0 Å². The van der Waals surface area contributed by atoms with Crippen molar-refractivity contribution >= 4 is 11.4 Å². The lowest BCUT2D eigenvalue weighted by Gasteiger charge is -1.98. The lowest BCUT2D eigenvalue weighted by molar-refractivity contribution is 0.104. The molecule has 0 saturated heterocycles. The average Bonchev–Trinajstić information content (AvgIpc) is 2.57. The van der Waals surface area contributed by atoms with Gasteiger partial charge < -0.3 is 0 Å². The fourth-order valence-corrected chi connectivity index (χ4v) is 1.77. The van der Waals surface area contributed by atoms with Crippen LogP contribution in [0.4, 0.5) is 8.78 Å². The van der Waals surface area contributed by atoms with E-state index in [0.29, 0.717) is 0 Å². The molecule has 0 atom stereocenters. The van der Waals surface area contributed by atoms with Crippen LogP contribution in [-0.4, -0.2) is 5.78 Å². The fourth-order valence-electron chi connectivity index (χ4n) is 1.77. The standard InChI is InChI=1S/C13H4F2N2O/c1-6-11(13(16-2)17-3)7-4-9(14)10(15)5-8(7)12(6)18/h4-5H,1H2. The summed E-state index contributed by atoms with van der Waals surface area (Å²) < 4.78 is 26.3. The van der Waals surface area contributed by atoms with Crippen LogP contribution < -0.4 is 0 Å². The van der Waals surface area contributed by atoms with Gasteiger partial charge in [-0.1, -0.05) is 6.58 Å². The van der Waals surface area contributed by atoms with Gasteiger partial charge in [0.05, 0.1) is 5.57 Å². The second kappa shape index (κ2) is 3.90. The van der Waals surface area contributed by atoms with Gasteiger partial charge in [0.2, 0.25) is 0 Å². The van der Waals surface area contributed by atoms with Crippen molar-refractivity contribution in [2.75, 3.05) is 0 Å². The van der Waals surface area contributed by atoms with E-state index in [-0.39, 0.29) is 28.1 Å². The second-order valence-electron chi connectivity index (χ2n) is 3.54. The number of ketones is 1. The minimum Gasteiger partial charge on any atom is -0.289 e. The topological polar surface area (TPSA) is 25.8 Å². The number of Topliss-reactive ketones (excluding diaryl/α,β-unsaturated/α-hetero) is 1. The van der Waals surface area contributed by atoms with Crippen LogP contribution in [-0.2, 0) is 0 Å². The molecule has 0 fully saturated rings. The maximum absolute atomic E-state index is 13.2. The minimum atomic E-state index is -1.15. The van der Waals surface area contributed by atoms with Crippen LogP contribution in [0.3, 0.4) is 0 Å². The van der Waals surface area contributed by atoms with E-state index in [1.54, 1.807) is 0 Å². The summed E-state index contributed by atoms with van der Waals surface area (Å²) in [5, 5.41) is 0. The molecule has 1 aromatic carbocycles. The molecule has 0 saturated carbocycles. The van der Waals surface area contributed by atoms with Crippen LogP contribution in [0.15, 0.2) is 30.1 Å². The Bertz CT molecular complexity index is 702. The highest BCUT2D eigenvalue weighted by atomic mass is 19.2. The molecule has 0 heterocycles. The van der Waals surface area contributed by atoms with E-state index >= 15 is 0 Å². The van der Waals surface area contributed by atoms with Crippen LogP contribution in [0.1, 0.15) is 15.9 Å². The molecule has 0 spiro atoms. The third-order valence-electron chi connectivity index (χ3n) is 2.59. The predicted molar refractivity (Wildman–Crippen MR) is 60.0 cm³/mol. The largest absolute Gasteiger partial charge is 0.528 e. The Kier molecular flexibility index (Phi) is 2.53. The summed E-state index contributed by atoms with van der Waals surface area (Å²) in [5.41, 5.74) is -0.125. The summed E-state index contributed by atoms with van der Waals surface area (Å²) >= 11 is 0. The molecule has 0 aliphatic heterocycles. The number of benzene rings is 1. The highest BCUT2D eigenvalue weighted by molar-refractivity contribution is 6.27. The second-order valence-corrected chi connectivity index (χ2v) is 3.54. The van der Waals surface area contributed by atoms with Gasteiger partial charge in [0, 0.05) is 11.1 Å². The number of hydrogen-bond donors (Lipinski definition) is 0. The maximum Gasteiger partial charge on any atom is 0.528 e. The molecule has 5 heteroatoms. The first kappa shape index (κ1) is 11.7. The predicted octanol–water partition coefficient (Wildman–Crippen LogP) is 3.22. The number of nitrogens with zero attached hydrogens (tertiary/aromatic N) is 2. The first-order valence-electron chi connectivity index (χ1n) is 4.73. The SMILES string of the molecule is [C-]#[N+]C([N+]#[C-])=C1C(=C)C(=O)c2cc(F)c(F)cc21. The number of carbonyl (C=O) groups is 1. The quantitative estimate of drug-likeness (QED) is 0.506. The highest BCUT2D eigenvalue weighted by Crippen LogP contribution is 2.39. The van der Waals surface area contributed by atoms with E-state index in [2.05, 4.69) is 16.3 Å². The van der Waals surface area contributed by atoms with Gasteiger partial charge in [0.1, 0.15) is 13.1 Å². The average molecular weight is 242 g/mol. The zero-order chi connectivity index (χ0) is 13.4. The third-order valence-corrected chi connectivity index (χ3v) is 2.59. The van der Waals surface area contributed by atoms with E-state index in [1.807, 2.05) is 0 Å². The molecule has 1 aromatic rings. The first-order chi connectivity index (χ1) is 8.51. The Morgan fingerprint density at radius 3 is 2.11 bits per heavy atom. The van der Waals surface area contributed by atoms with Crippen molar-refractivity contribution in [3.8, 4) is 0 Å². The summed E-state index contributed by atoms with van der Waals surface area (Å²) in [6.07, 6.45) is 0. The van der Waals surface area contributed by atoms with Gasteiger partial charge in [0.25, 0.3) is 0 Å². The molecule has 1 aliphatic carbocycles. The first-order valence-corrected chi connectivity index (χ1v) is 4.73. The summed E-state index contributed by atoms with van der Waals surface area (Å²) in [7, 11) is 0. The van der Waals surface area contributed by atoms with Gasteiger partial charge in [-0.05, 0) is 17.7 Å². The summed E-state index contributed by atoms with van der Waals surface area (Å²) in [6.45, 7) is 17.2. The van der Waals surface area contributed by atoms with Gasteiger partial charge in [-0.25, -0.2) is 8.78 Å². The van der Waals surface area contributed by atoms with Gasteiger partial charge in [-0.3, -0.25) is 4.79 Å². The molecule has 0 bridgehead atoms. The van der Waals surface area contributed by atoms with Crippen molar-refractivity contribution in [1.82, 2.24) is 0 Å². The van der Waals surface area contributed by atoms with E-state index in [9.17, 15) is 13.6 Å². The third kappa shape index (κ3) is 1.42. The van der Waals surface area contributed by atoms with Crippen molar-refractivity contribution in [2.45, 2.75) is 0 Å². The van der Waals surface area contributed by atoms with Crippen LogP contribution in [0.2, 0.25) is 0 Å². The van der Waals surface area contributed by atoms with E-state index in [1.165, 1.54) is 0 Å². The van der Waals surface area contributed by atoms with E-state index in [0.717, 1.165) is 12.1 Å². The van der Waals surface area contributed by atoms with Crippen molar-refractivity contribution in [3.05, 3.63) is 75.7 Å². The molecule has 1 aliphatic rings. The molecule has 0 unspecified atom stereocenters. The van der Waals surface area contributed by atoms with E-state index in [4.69, 9.17) is 13.1 Å².